The van der Waals surface area contributed by atoms with E-state index in [1.165, 1.54) is 0 Å². The van der Waals surface area contributed by atoms with Gasteiger partial charge in [-0.15, -0.1) is 0 Å². The first kappa shape index (κ1) is 12.9. The molecule has 0 aliphatic heterocycles. The Morgan fingerprint density at radius 1 is 1.50 bits per heavy atom. The van der Waals surface area contributed by atoms with Crippen molar-refractivity contribution < 1.29 is 14.6 Å². The Morgan fingerprint density at radius 3 is 2.89 bits per heavy atom. The molecule has 2 N–H and O–H groups in total. The molecule has 1 aromatic rings. The van der Waals surface area contributed by atoms with E-state index < -0.39 is 6.10 Å². The van der Waals surface area contributed by atoms with Gasteiger partial charge in [0, 0.05) is 11.6 Å². The number of hydrogen-bond donors (Lipinski definition) is 2. The lowest BCUT2D eigenvalue weighted by Crippen LogP contribution is -2.30. The minimum absolute atomic E-state index is 0.00392. The molecule has 4 heteroatoms. The lowest BCUT2D eigenvalue weighted by molar-refractivity contribution is -0.123. The molecule has 0 spiro atoms. The fourth-order valence-corrected chi connectivity index (χ4v) is 1.75. The highest BCUT2D eigenvalue weighted by molar-refractivity contribution is 5.78. The number of para-hydroxylation sites is 1. The van der Waals surface area contributed by atoms with Crippen LogP contribution in [-0.4, -0.2) is 23.7 Å². The van der Waals surface area contributed by atoms with Crippen molar-refractivity contribution in [1.82, 2.24) is 5.32 Å². The number of carbonyl (C=O) groups is 1. The van der Waals surface area contributed by atoms with Crippen LogP contribution < -0.4 is 10.1 Å². The van der Waals surface area contributed by atoms with Gasteiger partial charge in [-0.2, -0.15) is 0 Å². The number of ether oxygens (including phenoxy) is 1. The van der Waals surface area contributed by atoms with Crippen LogP contribution in [-0.2, 0) is 4.79 Å². The van der Waals surface area contributed by atoms with Gasteiger partial charge >= 0.3 is 0 Å². The summed E-state index contributed by atoms with van der Waals surface area (Å²) in [5.41, 5.74) is 0.735. The van der Waals surface area contributed by atoms with E-state index in [-0.39, 0.29) is 12.5 Å². The Morgan fingerprint density at radius 2 is 2.22 bits per heavy atom. The molecule has 0 saturated heterocycles. The second kappa shape index (κ2) is 5.87. The van der Waals surface area contributed by atoms with Crippen LogP contribution in [0.3, 0.4) is 0 Å². The number of amides is 1. The Kier molecular flexibility index (Phi) is 4.20. The lowest BCUT2D eigenvalue weighted by atomic mass is 10.1. The van der Waals surface area contributed by atoms with Gasteiger partial charge in [0.15, 0.2) is 6.61 Å². The highest BCUT2D eigenvalue weighted by atomic mass is 16.5. The zero-order valence-corrected chi connectivity index (χ0v) is 10.6. The third-order valence-corrected chi connectivity index (χ3v) is 2.97. The predicted molar refractivity (Wildman–Crippen MR) is 68.4 cm³/mol. The van der Waals surface area contributed by atoms with Gasteiger partial charge in [0.2, 0.25) is 0 Å². The Labute approximate surface area is 107 Å². The second-order valence-electron chi connectivity index (χ2n) is 4.59. The van der Waals surface area contributed by atoms with Gasteiger partial charge < -0.3 is 15.2 Å². The average Bonchev–Trinajstić information content (AvgIpc) is 3.19. The van der Waals surface area contributed by atoms with Crippen LogP contribution in [0.2, 0.25) is 0 Å². The first-order valence-electron chi connectivity index (χ1n) is 6.40. The van der Waals surface area contributed by atoms with E-state index >= 15 is 0 Å². The Bertz CT molecular complexity index is 415. The summed E-state index contributed by atoms with van der Waals surface area (Å²) in [6.07, 6.45) is 2.20. The number of carbonyl (C=O) groups excluding carboxylic acids is 1. The van der Waals surface area contributed by atoms with Crippen molar-refractivity contribution in [1.29, 1.82) is 0 Å². The van der Waals surface area contributed by atoms with E-state index in [1.807, 2.05) is 25.1 Å². The molecular formula is C14H19NO3. The quantitative estimate of drug-likeness (QED) is 0.808. The molecule has 2 rings (SSSR count). The van der Waals surface area contributed by atoms with Gasteiger partial charge in [-0.1, -0.05) is 25.1 Å². The fourth-order valence-electron chi connectivity index (χ4n) is 1.75. The first-order chi connectivity index (χ1) is 8.70. The summed E-state index contributed by atoms with van der Waals surface area (Å²) in [6.45, 7) is 1.91. The van der Waals surface area contributed by atoms with Crippen LogP contribution in [0.25, 0.3) is 0 Å². The molecule has 0 radical (unpaired) electrons. The van der Waals surface area contributed by atoms with Crippen molar-refractivity contribution >= 4 is 5.91 Å². The highest BCUT2D eigenvalue weighted by Crippen LogP contribution is 2.26. The molecule has 1 saturated carbocycles. The van der Waals surface area contributed by atoms with Gasteiger partial charge in [-0.25, -0.2) is 0 Å². The average molecular weight is 249 g/mol. The number of benzene rings is 1. The van der Waals surface area contributed by atoms with Crippen LogP contribution in [0.5, 0.6) is 5.75 Å². The summed E-state index contributed by atoms with van der Waals surface area (Å²) in [5, 5.41) is 12.7. The Hall–Kier alpha value is -1.55. The van der Waals surface area contributed by atoms with Crippen LogP contribution >= 0.6 is 0 Å². The molecule has 98 valence electrons. The fraction of sp³-hybridized carbons (Fsp3) is 0.500. The van der Waals surface area contributed by atoms with Crippen molar-refractivity contribution in [2.24, 2.45) is 0 Å². The van der Waals surface area contributed by atoms with E-state index in [4.69, 9.17) is 4.74 Å². The molecule has 1 fully saturated rings. The molecule has 1 aliphatic carbocycles. The summed E-state index contributed by atoms with van der Waals surface area (Å²) in [5.74, 6) is 0.482. The summed E-state index contributed by atoms with van der Waals surface area (Å²) < 4.78 is 5.48. The lowest BCUT2D eigenvalue weighted by Gasteiger charge is -2.14. The van der Waals surface area contributed by atoms with E-state index in [9.17, 15) is 9.90 Å². The molecule has 0 aromatic heterocycles. The molecular weight excluding hydrogens is 230 g/mol. The second-order valence-corrected chi connectivity index (χ2v) is 4.59. The SMILES string of the molecule is CC[C@@H](O)c1ccccc1OCC(=O)NC1CC1. The predicted octanol–water partition coefficient (Wildman–Crippen LogP) is 1.79. The maximum absolute atomic E-state index is 11.5. The number of aliphatic hydroxyl groups excluding tert-OH is 1. The van der Waals surface area contributed by atoms with Crippen LogP contribution in [0, 0.1) is 0 Å². The molecule has 0 bridgehead atoms. The first-order valence-corrected chi connectivity index (χ1v) is 6.40. The number of hydrogen-bond acceptors (Lipinski definition) is 3. The van der Waals surface area contributed by atoms with E-state index in [2.05, 4.69) is 5.32 Å². The van der Waals surface area contributed by atoms with Crippen LogP contribution in [0.15, 0.2) is 24.3 Å². The normalized spacial score (nSPS) is 16.1. The largest absolute Gasteiger partial charge is 0.483 e. The third kappa shape index (κ3) is 3.47. The standard InChI is InChI=1S/C14H19NO3/c1-2-12(16)11-5-3-4-6-13(11)18-9-14(17)15-10-7-8-10/h3-6,10,12,16H,2,7-9H2,1H3,(H,15,17)/t12-/m1/s1. The minimum Gasteiger partial charge on any atom is -0.483 e. The smallest absolute Gasteiger partial charge is 0.258 e. The van der Waals surface area contributed by atoms with Gasteiger partial charge in [-0.3, -0.25) is 4.79 Å². The van der Waals surface area contributed by atoms with Crippen molar-refractivity contribution in [2.45, 2.75) is 38.3 Å². The maximum atomic E-state index is 11.5. The van der Waals surface area contributed by atoms with Gasteiger partial charge in [0.05, 0.1) is 6.10 Å². The molecule has 0 heterocycles. The third-order valence-electron chi connectivity index (χ3n) is 2.97. The summed E-state index contributed by atoms with van der Waals surface area (Å²) in [7, 11) is 0. The zero-order valence-electron chi connectivity index (χ0n) is 10.6. The van der Waals surface area contributed by atoms with Gasteiger partial charge in [-0.05, 0) is 25.3 Å². The molecule has 18 heavy (non-hydrogen) atoms. The molecule has 1 amide bonds. The van der Waals surface area contributed by atoms with Crippen molar-refractivity contribution in [3.63, 3.8) is 0 Å². The number of aliphatic hydroxyl groups is 1. The van der Waals surface area contributed by atoms with Gasteiger partial charge in [0.25, 0.3) is 5.91 Å². The van der Waals surface area contributed by atoms with Crippen molar-refractivity contribution in [2.75, 3.05) is 6.61 Å². The van der Waals surface area contributed by atoms with Crippen LogP contribution in [0.4, 0.5) is 0 Å². The zero-order chi connectivity index (χ0) is 13.0. The van der Waals surface area contributed by atoms with E-state index in [0.29, 0.717) is 18.2 Å². The molecule has 1 aromatic carbocycles. The molecule has 1 atom stereocenters. The maximum Gasteiger partial charge on any atom is 0.258 e. The summed E-state index contributed by atoms with van der Waals surface area (Å²) in [6, 6.07) is 7.63. The minimum atomic E-state index is -0.548. The van der Waals surface area contributed by atoms with Gasteiger partial charge in [0.1, 0.15) is 5.75 Å². The molecule has 1 aliphatic rings. The highest BCUT2D eigenvalue weighted by Gasteiger charge is 2.23. The Balaban J connectivity index is 1.93. The molecule has 4 nitrogen and oxygen atoms in total. The van der Waals surface area contributed by atoms with Crippen LogP contribution in [0.1, 0.15) is 37.9 Å². The topological polar surface area (TPSA) is 58.6 Å². The van der Waals surface area contributed by atoms with E-state index in [1.54, 1.807) is 6.07 Å². The summed E-state index contributed by atoms with van der Waals surface area (Å²) in [4.78, 5) is 11.5. The van der Waals surface area contributed by atoms with E-state index in [0.717, 1.165) is 18.4 Å². The number of nitrogens with one attached hydrogen (secondary N) is 1. The van der Waals surface area contributed by atoms with Crippen molar-refractivity contribution in [3.8, 4) is 5.75 Å². The number of rotatable bonds is 6. The molecule has 0 unspecified atom stereocenters. The van der Waals surface area contributed by atoms with Crippen molar-refractivity contribution in [3.05, 3.63) is 29.8 Å². The summed E-state index contributed by atoms with van der Waals surface area (Å²) >= 11 is 0. The monoisotopic (exact) mass is 249 g/mol.